The van der Waals surface area contributed by atoms with Crippen LogP contribution in [0.15, 0.2) is 18.2 Å². The van der Waals surface area contributed by atoms with E-state index in [0.29, 0.717) is 31.3 Å². The molecule has 2 aromatic rings. The Kier molecular flexibility index (Phi) is 5.27. The Morgan fingerprint density at radius 3 is 2.62 bits per heavy atom. The summed E-state index contributed by atoms with van der Waals surface area (Å²) in [6.07, 6.45) is 0.457. The summed E-state index contributed by atoms with van der Waals surface area (Å²) in [4.78, 5) is 23.6. The first-order valence-electron chi connectivity index (χ1n) is 8.84. The molecule has 0 saturated carbocycles. The third kappa shape index (κ3) is 4.40. The van der Waals surface area contributed by atoms with Gasteiger partial charge in [-0.25, -0.2) is 9.97 Å². The molecule has 0 bridgehead atoms. The molecular weight excluding hydrogens is 332 g/mol. The molecule has 1 aliphatic rings. The smallest absolute Gasteiger partial charge is 0.257 e. The minimum absolute atomic E-state index is 0.00766. The maximum absolute atomic E-state index is 12.2. The van der Waals surface area contributed by atoms with Gasteiger partial charge in [0.25, 0.3) is 5.88 Å². The van der Waals surface area contributed by atoms with Crippen molar-refractivity contribution in [1.29, 1.82) is 0 Å². The topological polar surface area (TPSA) is 76.6 Å². The van der Waals surface area contributed by atoms with Crippen molar-refractivity contribution in [3.05, 3.63) is 18.2 Å². The summed E-state index contributed by atoms with van der Waals surface area (Å²) in [6.45, 7) is 8.94. The summed E-state index contributed by atoms with van der Waals surface area (Å²) in [5.41, 5.74) is 2.12. The summed E-state index contributed by atoms with van der Waals surface area (Å²) < 4.78 is 10.8. The van der Waals surface area contributed by atoms with Crippen LogP contribution in [-0.2, 0) is 9.53 Å². The summed E-state index contributed by atoms with van der Waals surface area (Å²) >= 11 is 0. The van der Waals surface area contributed by atoms with Gasteiger partial charge in [0.15, 0.2) is 5.82 Å². The lowest BCUT2D eigenvalue weighted by Gasteiger charge is -2.28. The second kappa shape index (κ2) is 7.45. The van der Waals surface area contributed by atoms with Crippen molar-refractivity contribution in [3.63, 3.8) is 0 Å². The molecule has 7 nitrogen and oxygen atoms in total. The maximum Gasteiger partial charge on any atom is 0.257 e. The van der Waals surface area contributed by atoms with Crippen molar-refractivity contribution >= 4 is 28.4 Å². The van der Waals surface area contributed by atoms with Crippen molar-refractivity contribution in [3.8, 4) is 5.88 Å². The number of carbonyl (C=O) groups excluding carboxylic acids is 1. The predicted octanol–water partition coefficient (Wildman–Crippen LogP) is 2.85. The first-order valence-corrected chi connectivity index (χ1v) is 8.84. The summed E-state index contributed by atoms with van der Waals surface area (Å²) in [5.74, 6) is 1.21. The molecule has 0 spiro atoms. The van der Waals surface area contributed by atoms with Crippen molar-refractivity contribution in [2.75, 3.05) is 43.6 Å². The van der Waals surface area contributed by atoms with E-state index in [0.717, 1.165) is 29.8 Å². The fourth-order valence-electron chi connectivity index (χ4n) is 2.91. The van der Waals surface area contributed by atoms with Crippen molar-refractivity contribution < 1.29 is 14.3 Å². The quantitative estimate of drug-likeness (QED) is 0.906. The first kappa shape index (κ1) is 18.4. The first-order chi connectivity index (χ1) is 12.4. The number of fused-ring (bicyclic) bond motifs is 1. The number of ether oxygens (including phenoxy) is 2. The van der Waals surface area contributed by atoms with Crippen molar-refractivity contribution in [2.24, 2.45) is 5.41 Å². The molecule has 1 amide bonds. The number of methoxy groups -OCH3 is 1. The maximum atomic E-state index is 12.2. The molecule has 140 valence electrons. The Bertz CT molecular complexity index is 795. The monoisotopic (exact) mass is 358 g/mol. The van der Waals surface area contributed by atoms with Gasteiger partial charge in [-0.3, -0.25) is 4.79 Å². The molecule has 0 aliphatic carbocycles. The molecule has 26 heavy (non-hydrogen) atoms. The normalized spacial score (nSPS) is 15.2. The summed E-state index contributed by atoms with van der Waals surface area (Å²) in [6, 6.07) is 5.54. The molecule has 7 heteroatoms. The Balaban J connectivity index is 1.89. The van der Waals surface area contributed by atoms with Gasteiger partial charge >= 0.3 is 0 Å². The molecule has 1 aromatic carbocycles. The van der Waals surface area contributed by atoms with Crippen LogP contribution >= 0.6 is 0 Å². The molecule has 0 unspecified atom stereocenters. The summed E-state index contributed by atoms with van der Waals surface area (Å²) in [5, 5.41) is 2.95. The van der Waals surface area contributed by atoms with E-state index in [9.17, 15) is 4.79 Å². The number of morpholine rings is 1. The van der Waals surface area contributed by atoms with E-state index in [2.05, 4.69) is 15.2 Å². The largest absolute Gasteiger partial charge is 0.478 e. The van der Waals surface area contributed by atoms with Gasteiger partial charge in [-0.2, -0.15) is 0 Å². The molecule has 1 aliphatic heterocycles. The van der Waals surface area contributed by atoms with Gasteiger partial charge in [-0.15, -0.1) is 0 Å². The Morgan fingerprint density at radius 1 is 1.23 bits per heavy atom. The number of hydrogen-bond acceptors (Lipinski definition) is 6. The number of aromatic nitrogens is 2. The minimum Gasteiger partial charge on any atom is -0.478 e. The molecule has 0 atom stereocenters. The number of rotatable bonds is 4. The lowest BCUT2D eigenvalue weighted by atomic mass is 9.92. The van der Waals surface area contributed by atoms with Crippen LogP contribution in [0.2, 0.25) is 0 Å². The highest BCUT2D eigenvalue weighted by atomic mass is 16.5. The van der Waals surface area contributed by atoms with E-state index < -0.39 is 0 Å². The van der Waals surface area contributed by atoms with Gasteiger partial charge in [0, 0.05) is 25.2 Å². The zero-order valence-electron chi connectivity index (χ0n) is 15.8. The van der Waals surface area contributed by atoms with Crippen molar-refractivity contribution in [2.45, 2.75) is 27.2 Å². The average molecular weight is 358 g/mol. The van der Waals surface area contributed by atoms with Crippen LogP contribution in [0.5, 0.6) is 5.88 Å². The van der Waals surface area contributed by atoms with Crippen LogP contribution in [0, 0.1) is 5.41 Å². The van der Waals surface area contributed by atoms with E-state index in [-0.39, 0.29) is 11.3 Å². The zero-order chi connectivity index (χ0) is 18.7. The van der Waals surface area contributed by atoms with E-state index in [1.165, 1.54) is 0 Å². The van der Waals surface area contributed by atoms with Gasteiger partial charge < -0.3 is 19.7 Å². The Morgan fingerprint density at radius 2 is 1.96 bits per heavy atom. The lowest BCUT2D eigenvalue weighted by Crippen LogP contribution is -2.37. The van der Waals surface area contributed by atoms with Gasteiger partial charge in [-0.05, 0) is 23.6 Å². The van der Waals surface area contributed by atoms with E-state index in [1.807, 2.05) is 39.0 Å². The van der Waals surface area contributed by atoms with Crippen LogP contribution in [0.4, 0.5) is 11.5 Å². The highest BCUT2D eigenvalue weighted by Gasteiger charge is 2.20. The number of carbonyl (C=O) groups is 1. The molecule has 1 N–H and O–H groups in total. The fraction of sp³-hybridized carbons (Fsp3) is 0.526. The Labute approximate surface area is 153 Å². The zero-order valence-corrected chi connectivity index (χ0v) is 15.8. The van der Waals surface area contributed by atoms with Gasteiger partial charge in [0.2, 0.25) is 5.91 Å². The van der Waals surface area contributed by atoms with Crippen LogP contribution in [-0.4, -0.2) is 49.3 Å². The highest BCUT2D eigenvalue weighted by molar-refractivity contribution is 5.93. The van der Waals surface area contributed by atoms with Crippen LogP contribution in [0.1, 0.15) is 27.2 Å². The second-order valence-corrected chi connectivity index (χ2v) is 7.65. The third-order valence-corrected chi connectivity index (χ3v) is 4.09. The SMILES string of the molecule is COc1nc2ccc(NC(=O)CC(C)(C)C)cc2nc1N1CCOCC1. The van der Waals surface area contributed by atoms with E-state index in [1.54, 1.807) is 7.11 Å². The molecule has 1 fully saturated rings. The number of nitrogens with zero attached hydrogens (tertiary/aromatic N) is 3. The number of anilines is 2. The second-order valence-electron chi connectivity index (χ2n) is 7.65. The molecule has 3 rings (SSSR count). The van der Waals surface area contributed by atoms with Gasteiger partial charge in [0.1, 0.15) is 0 Å². The number of amides is 1. The van der Waals surface area contributed by atoms with Gasteiger partial charge in [0.05, 0.1) is 31.4 Å². The number of nitrogens with one attached hydrogen (secondary N) is 1. The molecule has 2 heterocycles. The van der Waals surface area contributed by atoms with Crippen LogP contribution in [0.25, 0.3) is 11.0 Å². The molecule has 1 saturated heterocycles. The third-order valence-electron chi connectivity index (χ3n) is 4.09. The van der Waals surface area contributed by atoms with E-state index >= 15 is 0 Å². The molecular formula is C19H26N4O3. The minimum atomic E-state index is -0.0579. The number of hydrogen-bond donors (Lipinski definition) is 1. The van der Waals surface area contributed by atoms with E-state index in [4.69, 9.17) is 14.5 Å². The average Bonchev–Trinajstić information content (AvgIpc) is 2.59. The summed E-state index contributed by atoms with van der Waals surface area (Å²) in [7, 11) is 1.60. The number of benzene rings is 1. The molecule has 1 aromatic heterocycles. The van der Waals surface area contributed by atoms with Crippen molar-refractivity contribution in [1.82, 2.24) is 9.97 Å². The van der Waals surface area contributed by atoms with Crippen LogP contribution in [0.3, 0.4) is 0 Å². The fourth-order valence-corrected chi connectivity index (χ4v) is 2.91. The highest BCUT2D eigenvalue weighted by Crippen LogP contribution is 2.29. The lowest BCUT2D eigenvalue weighted by molar-refractivity contribution is -0.117. The Hall–Kier alpha value is -2.41. The predicted molar refractivity (Wildman–Crippen MR) is 102 cm³/mol. The standard InChI is InChI=1S/C19H26N4O3/c1-19(2,3)12-16(24)20-13-5-6-14-15(11-13)21-17(18(22-14)25-4)23-7-9-26-10-8-23/h5-6,11H,7-10,12H2,1-4H3,(H,20,24). The van der Waals surface area contributed by atoms with Gasteiger partial charge in [-0.1, -0.05) is 20.8 Å². The van der Waals surface area contributed by atoms with Crippen LogP contribution < -0.4 is 15.0 Å². The molecule has 0 radical (unpaired) electrons.